The molecule has 0 unspecified atom stereocenters. The zero-order chi connectivity index (χ0) is 10.0. The molecule has 0 aliphatic carbocycles. The molecule has 0 amide bonds. The molecule has 0 fully saturated rings. The lowest BCUT2D eigenvalue weighted by molar-refractivity contribution is 0.486. The number of rotatable bonds is 4. The highest BCUT2D eigenvalue weighted by atomic mass is 79.9. The molecular weight excluding hydrogens is 287 g/mol. The van der Waals surface area contributed by atoms with Crippen LogP contribution in [0, 0.1) is 0 Å². The number of hydrogen-bond acceptors (Lipinski definition) is 0. The summed E-state index contributed by atoms with van der Waals surface area (Å²) in [7, 11) is 0. The zero-order valence-electron chi connectivity index (χ0n) is 8.17. The van der Waals surface area contributed by atoms with Crippen LogP contribution in [0.25, 0.3) is 0 Å². The predicted molar refractivity (Wildman–Crippen MR) is 62.1 cm³/mol. The third-order valence-corrected chi connectivity index (χ3v) is 1.62. The lowest BCUT2D eigenvalue weighted by Crippen LogP contribution is -2.05. The van der Waals surface area contributed by atoms with Gasteiger partial charge in [0.2, 0.25) is 0 Å². The van der Waals surface area contributed by atoms with Gasteiger partial charge in [0.1, 0.15) is 9.91 Å². The Morgan fingerprint density at radius 1 is 1.08 bits per heavy atom. The van der Waals surface area contributed by atoms with E-state index in [0.29, 0.717) is 0 Å². The van der Waals surface area contributed by atoms with E-state index in [4.69, 9.17) is 0 Å². The van der Waals surface area contributed by atoms with Crippen LogP contribution in [0.15, 0.2) is 0 Å². The molecule has 0 aliphatic heterocycles. The first-order valence-corrected chi connectivity index (χ1v) is 6.00. The van der Waals surface area contributed by atoms with Gasteiger partial charge in [-0.25, -0.2) is 4.39 Å². The van der Waals surface area contributed by atoms with Crippen LogP contribution < -0.4 is 0 Å². The average molecular weight is 306 g/mol. The summed E-state index contributed by atoms with van der Waals surface area (Å²) in [6, 6.07) is 0. The Labute approximate surface area is 92.6 Å². The minimum absolute atomic E-state index is 0.396. The molecule has 0 aromatic heterocycles. The van der Waals surface area contributed by atoms with Crippen LogP contribution in [0.2, 0.25) is 0 Å². The third-order valence-electron chi connectivity index (χ3n) is 1.19. The molecule has 0 bridgehead atoms. The second-order valence-corrected chi connectivity index (χ2v) is 7.48. The number of hydrogen-bond donors (Lipinski definition) is 0. The quantitative estimate of drug-likeness (QED) is 0.504. The van der Waals surface area contributed by atoms with Gasteiger partial charge in [0.05, 0.1) is 0 Å². The number of unbranched alkanes of at least 4 members (excludes halogenated alkanes) is 3. The van der Waals surface area contributed by atoms with E-state index < -0.39 is 9.91 Å². The van der Waals surface area contributed by atoms with Gasteiger partial charge in [0.15, 0.2) is 0 Å². The summed E-state index contributed by atoms with van der Waals surface area (Å²) in [5.74, 6) is 0. The van der Waals surface area contributed by atoms with Crippen LogP contribution >= 0.6 is 31.9 Å². The molecule has 12 heavy (non-hydrogen) atoms. The fourth-order valence-corrected chi connectivity index (χ4v) is 0.500. The van der Waals surface area contributed by atoms with Gasteiger partial charge in [-0.05, 0) is 6.92 Å². The summed E-state index contributed by atoms with van der Waals surface area (Å²) < 4.78 is 10.9. The topological polar surface area (TPSA) is 0 Å². The number of halogens is 3. The minimum atomic E-state index is -0.500. The molecule has 0 aromatic rings. The van der Waals surface area contributed by atoms with E-state index in [1.807, 2.05) is 0 Å². The van der Waals surface area contributed by atoms with Gasteiger partial charge in [-0.15, -0.1) is 0 Å². The van der Waals surface area contributed by atoms with E-state index in [9.17, 15) is 4.39 Å². The summed E-state index contributed by atoms with van der Waals surface area (Å²) >= 11 is 6.04. The Balaban J connectivity index is 0. The molecule has 0 nitrogen and oxygen atoms in total. The summed E-state index contributed by atoms with van der Waals surface area (Å²) in [6.07, 6.45) is 5.54. The molecule has 0 rings (SSSR count). The van der Waals surface area contributed by atoms with Gasteiger partial charge in [-0.3, -0.25) is 0 Å². The van der Waals surface area contributed by atoms with E-state index in [1.54, 1.807) is 6.92 Å². The molecule has 0 saturated carbocycles. The summed E-state index contributed by atoms with van der Waals surface area (Å²) in [6.45, 7) is 5.77. The van der Waals surface area contributed by atoms with Gasteiger partial charge in [-0.2, -0.15) is 0 Å². The van der Waals surface area contributed by atoms with E-state index in [1.165, 1.54) is 25.7 Å². The average Bonchev–Trinajstić information content (AvgIpc) is 2.01. The van der Waals surface area contributed by atoms with Crippen LogP contribution in [0.3, 0.4) is 0 Å². The predicted octanol–water partition coefficient (Wildman–Crippen LogP) is 5.05. The smallest absolute Gasteiger partial charge is 0.114 e. The molecule has 0 N–H and O–H groups in total. The second kappa shape index (κ2) is 9.97. The maximum atomic E-state index is 11.4. The van der Waals surface area contributed by atoms with E-state index in [-0.39, 0.29) is 0 Å². The first kappa shape index (κ1) is 15.4. The largest absolute Gasteiger partial charge is 0.249 e. The fourth-order valence-electron chi connectivity index (χ4n) is 0.500. The molecule has 76 valence electrons. The normalized spacial score (nSPS) is 10.5. The van der Waals surface area contributed by atoms with Crippen LogP contribution in [-0.4, -0.2) is 9.91 Å². The Morgan fingerprint density at radius 3 is 1.42 bits per heavy atom. The van der Waals surface area contributed by atoms with Gasteiger partial charge in [0, 0.05) is 0 Å². The van der Waals surface area contributed by atoms with Crippen molar-refractivity contribution in [2.75, 3.05) is 6.67 Å². The highest BCUT2D eigenvalue weighted by Gasteiger charge is 2.12. The fraction of sp³-hybridized carbons (Fsp3) is 1.00. The Morgan fingerprint density at radius 2 is 1.33 bits per heavy atom. The molecule has 0 spiro atoms. The van der Waals surface area contributed by atoms with Crippen LogP contribution in [0.1, 0.15) is 46.5 Å². The summed E-state index contributed by atoms with van der Waals surface area (Å²) in [5, 5.41) is 0. The Hall–Kier alpha value is 0.890. The molecule has 0 aromatic carbocycles. The van der Waals surface area contributed by atoms with Crippen molar-refractivity contribution in [3.8, 4) is 0 Å². The van der Waals surface area contributed by atoms with Crippen molar-refractivity contribution in [1.29, 1.82) is 0 Å². The van der Waals surface area contributed by atoms with Gasteiger partial charge in [-0.1, -0.05) is 71.4 Å². The van der Waals surface area contributed by atoms with Crippen molar-refractivity contribution in [3.63, 3.8) is 0 Å². The van der Waals surface area contributed by atoms with E-state index in [0.717, 1.165) is 0 Å². The van der Waals surface area contributed by atoms with Crippen LogP contribution in [-0.2, 0) is 0 Å². The highest BCUT2D eigenvalue weighted by molar-refractivity contribution is 9.25. The standard InChI is InChI=1S/C6H14.C3H5Br2F/c1-3-5-6-4-2;1-3(4,5)2-6/h3-6H2,1-2H3;2H2,1H3. The van der Waals surface area contributed by atoms with Gasteiger partial charge >= 0.3 is 0 Å². The maximum Gasteiger partial charge on any atom is 0.114 e. The second-order valence-electron chi connectivity index (χ2n) is 2.91. The Kier molecular flexibility index (Phi) is 12.8. The van der Waals surface area contributed by atoms with Crippen molar-refractivity contribution in [2.45, 2.75) is 49.7 Å². The van der Waals surface area contributed by atoms with E-state index >= 15 is 0 Å². The lowest BCUT2D eigenvalue weighted by atomic mass is 10.2. The number of alkyl halides is 3. The first-order chi connectivity index (χ1) is 5.47. The van der Waals surface area contributed by atoms with Gasteiger partial charge in [0.25, 0.3) is 0 Å². The molecular formula is C9H19Br2F. The molecule has 0 aliphatic rings. The molecule has 0 atom stereocenters. The van der Waals surface area contributed by atoms with Crippen molar-refractivity contribution in [1.82, 2.24) is 0 Å². The van der Waals surface area contributed by atoms with Crippen molar-refractivity contribution < 1.29 is 4.39 Å². The Bertz CT molecular complexity index is 75.1. The molecule has 0 radical (unpaired) electrons. The van der Waals surface area contributed by atoms with Crippen LogP contribution in [0.5, 0.6) is 0 Å². The van der Waals surface area contributed by atoms with Crippen molar-refractivity contribution in [3.05, 3.63) is 0 Å². The molecule has 0 heterocycles. The minimum Gasteiger partial charge on any atom is -0.249 e. The lowest BCUT2D eigenvalue weighted by Gasteiger charge is -2.04. The highest BCUT2D eigenvalue weighted by Crippen LogP contribution is 2.24. The van der Waals surface area contributed by atoms with Crippen molar-refractivity contribution >= 4 is 31.9 Å². The molecule has 0 saturated heterocycles. The maximum absolute atomic E-state index is 11.4. The molecule has 3 heteroatoms. The summed E-state index contributed by atoms with van der Waals surface area (Å²) in [5.41, 5.74) is 0. The SMILES string of the molecule is CC(Br)(Br)CF.CCCCCC. The zero-order valence-corrected chi connectivity index (χ0v) is 11.3. The van der Waals surface area contributed by atoms with Gasteiger partial charge < -0.3 is 0 Å². The van der Waals surface area contributed by atoms with Crippen molar-refractivity contribution in [2.24, 2.45) is 0 Å². The monoisotopic (exact) mass is 304 g/mol. The third kappa shape index (κ3) is 22.4. The first-order valence-electron chi connectivity index (χ1n) is 4.41. The van der Waals surface area contributed by atoms with Crippen LogP contribution in [0.4, 0.5) is 4.39 Å². The summed E-state index contributed by atoms with van der Waals surface area (Å²) in [4.78, 5) is 0. The van der Waals surface area contributed by atoms with E-state index in [2.05, 4.69) is 45.7 Å².